The summed E-state index contributed by atoms with van der Waals surface area (Å²) in [6.07, 6.45) is 5.90. The van der Waals surface area contributed by atoms with Gasteiger partial charge in [0.1, 0.15) is 24.2 Å². The van der Waals surface area contributed by atoms with Gasteiger partial charge in [-0.1, -0.05) is 6.07 Å². The summed E-state index contributed by atoms with van der Waals surface area (Å²) in [4.78, 5) is 30.9. The molecule has 27 heavy (non-hydrogen) atoms. The number of rotatable bonds is 4. The SMILES string of the molecule is O=C(NC1CCN(C(=O)c2ccco2)CC1)c1cccc(-n2cnnc2)n1. The van der Waals surface area contributed by atoms with E-state index in [1.54, 1.807) is 39.8 Å². The van der Waals surface area contributed by atoms with Crippen molar-refractivity contribution in [2.45, 2.75) is 18.9 Å². The maximum atomic E-state index is 12.5. The first kappa shape index (κ1) is 17.0. The molecule has 9 nitrogen and oxygen atoms in total. The number of hydrogen-bond donors (Lipinski definition) is 1. The first-order valence-electron chi connectivity index (χ1n) is 8.66. The molecular weight excluding hydrogens is 348 g/mol. The standard InChI is InChI=1S/C18H18N6O3/c25-17(14-3-1-5-16(22-14)24-11-19-20-12-24)21-13-6-8-23(9-7-13)18(26)15-4-2-10-27-15/h1-5,10-13H,6-9H2,(H,21,25). The van der Waals surface area contributed by atoms with E-state index in [1.165, 1.54) is 18.9 Å². The number of amides is 2. The van der Waals surface area contributed by atoms with Crippen molar-refractivity contribution in [3.8, 4) is 5.82 Å². The second kappa shape index (κ2) is 7.40. The fourth-order valence-electron chi connectivity index (χ4n) is 3.05. The molecule has 1 saturated heterocycles. The minimum absolute atomic E-state index is 0.00137. The molecule has 1 aliphatic rings. The lowest BCUT2D eigenvalue weighted by Gasteiger charge is -2.31. The molecule has 4 heterocycles. The molecule has 4 rings (SSSR count). The van der Waals surface area contributed by atoms with Crippen molar-refractivity contribution in [3.05, 3.63) is 60.7 Å². The lowest BCUT2D eigenvalue weighted by molar-refractivity contribution is 0.0667. The number of hydrogen-bond acceptors (Lipinski definition) is 6. The first-order valence-corrected chi connectivity index (χ1v) is 8.66. The molecule has 0 unspecified atom stereocenters. The van der Waals surface area contributed by atoms with E-state index >= 15 is 0 Å². The average molecular weight is 366 g/mol. The van der Waals surface area contributed by atoms with Crippen molar-refractivity contribution in [1.82, 2.24) is 30.0 Å². The number of carbonyl (C=O) groups excluding carboxylic acids is 2. The first-order chi connectivity index (χ1) is 13.2. The second-order valence-electron chi connectivity index (χ2n) is 6.27. The van der Waals surface area contributed by atoms with Crippen LogP contribution in [-0.4, -0.2) is 55.6 Å². The molecule has 0 aliphatic carbocycles. The van der Waals surface area contributed by atoms with Gasteiger partial charge in [0.05, 0.1) is 6.26 Å². The van der Waals surface area contributed by atoms with E-state index in [2.05, 4.69) is 20.5 Å². The zero-order chi connectivity index (χ0) is 18.6. The van der Waals surface area contributed by atoms with Crippen LogP contribution < -0.4 is 5.32 Å². The Balaban J connectivity index is 1.35. The minimum Gasteiger partial charge on any atom is -0.459 e. The van der Waals surface area contributed by atoms with E-state index < -0.39 is 0 Å². The predicted octanol–water partition coefficient (Wildman–Crippen LogP) is 1.29. The Labute approximate surface area is 155 Å². The van der Waals surface area contributed by atoms with Crippen LogP contribution in [0.2, 0.25) is 0 Å². The van der Waals surface area contributed by atoms with Crippen LogP contribution in [0.1, 0.15) is 33.9 Å². The molecule has 9 heteroatoms. The molecule has 1 fully saturated rings. The summed E-state index contributed by atoms with van der Waals surface area (Å²) in [5.74, 6) is 0.563. The monoisotopic (exact) mass is 366 g/mol. The van der Waals surface area contributed by atoms with Crippen molar-refractivity contribution in [3.63, 3.8) is 0 Å². The molecule has 0 aromatic carbocycles. The Morgan fingerprint density at radius 3 is 2.56 bits per heavy atom. The van der Waals surface area contributed by atoms with E-state index in [-0.39, 0.29) is 17.9 Å². The van der Waals surface area contributed by atoms with Crippen molar-refractivity contribution in [2.24, 2.45) is 0 Å². The minimum atomic E-state index is -0.235. The van der Waals surface area contributed by atoms with Gasteiger partial charge in [0.15, 0.2) is 5.76 Å². The average Bonchev–Trinajstić information content (AvgIpc) is 3.42. The highest BCUT2D eigenvalue weighted by atomic mass is 16.3. The van der Waals surface area contributed by atoms with Gasteiger partial charge in [-0.3, -0.25) is 14.2 Å². The van der Waals surface area contributed by atoms with Crippen LogP contribution in [0.3, 0.4) is 0 Å². The highest BCUT2D eigenvalue weighted by molar-refractivity contribution is 5.93. The van der Waals surface area contributed by atoms with Crippen molar-refractivity contribution in [1.29, 1.82) is 0 Å². The largest absolute Gasteiger partial charge is 0.459 e. The van der Waals surface area contributed by atoms with Crippen LogP contribution >= 0.6 is 0 Å². The molecule has 2 amide bonds. The molecule has 0 spiro atoms. The molecule has 1 N–H and O–H groups in total. The lowest BCUT2D eigenvalue weighted by Crippen LogP contribution is -2.46. The Morgan fingerprint density at radius 1 is 1.07 bits per heavy atom. The van der Waals surface area contributed by atoms with E-state index in [1.807, 2.05) is 0 Å². The Hall–Kier alpha value is -3.49. The van der Waals surface area contributed by atoms with Gasteiger partial charge in [-0.15, -0.1) is 10.2 Å². The van der Waals surface area contributed by atoms with Gasteiger partial charge in [0, 0.05) is 19.1 Å². The van der Waals surface area contributed by atoms with Gasteiger partial charge < -0.3 is 14.6 Å². The third-order valence-corrected chi connectivity index (χ3v) is 4.50. The fourth-order valence-corrected chi connectivity index (χ4v) is 3.05. The van der Waals surface area contributed by atoms with Gasteiger partial charge in [-0.25, -0.2) is 4.98 Å². The summed E-state index contributed by atoms with van der Waals surface area (Å²) < 4.78 is 6.79. The van der Waals surface area contributed by atoms with Crippen molar-refractivity contribution < 1.29 is 14.0 Å². The molecule has 3 aromatic rings. The molecule has 138 valence electrons. The van der Waals surface area contributed by atoms with Crippen LogP contribution in [0.4, 0.5) is 0 Å². The molecule has 0 radical (unpaired) electrons. The molecule has 0 bridgehead atoms. The summed E-state index contributed by atoms with van der Waals surface area (Å²) in [7, 11) is 0. The third-order valence-electron chi connectivity index (χ3n) is 4.50. The topological polar surface area (TPSA) is 106 Å². The number of pyridine rings is 1. The summed E-state index contributed by atoms with van der Waals surface area (Å²) in [5, 5.41) is 10.5. The van der Waals surface area contributed by atoms with Crippen molar-refractivity contribution >= 4 is 11.8 Å². The summed E-state index contributed by atoms with van der Waals surface area (Å²) in [6.45, 7) is 1.14. The maximum absolute atomic E-state index is 12.5. The predicted molar refractivity (Wildman–Crippen MR) is 94.3 cm³/mol. The molecule has 0 atom stereocenters. The maximum Gasteiger partial charge on any atom is 0.289 e. The number of furan rings is 1. The van der Waals surface area contributed by atoms with Crippen LogP contribution in [0.15, 0.2) is 53.7 Å². The van der Waals surface area contributed by atoms with E-state index in [4.69, 9.17) is 4.42 Å². The van der Waals surface area contributed by atoms with Crippen LogP contribution in [0, 0.1) is 0 Å². The number of likely N-dealkylation sites (tertiary alicyclic amines) is 1. The smallest absolute Gasteiger partial charge is 0.289 e. The zero-order valence-electron chi connectivity index (χ0n) is 14.5. The van der Waals surface area contributed by atoms with E-state index in [0.29, 0.717) is 43.2 Å². The van der Waals surface area contributed by atoms with Crippen LogP contribution in [0.5, 0.6) is 0 Å². The van der Waals surface area contributed by atoms with Gasteiger partial charge >= 0.3 is 0 Å². The quantitative estimate of drug-likeness (QED) is 0.746. The highest BCUT2D eigenvalue weighted by Gasteiger charge is 2.26. The van der Waals surface area contributed by atoms with Gasteiger partial charge in [-0.05, 0) is 37.1 Å². The molecular formula is C18H18N6O3. The third kappa shape index (κ3) is 3.71. The Morgan fingerprint density at radius 2 is 1.85 bits per heavy atom. The lowest BCUT2D eigenvalue weighted by atomic mass is 10.0. The molecule has 3 aromatic heterocycles. The Bertz CT molecular complexity index is 914. The summed E-state index contributed by atoms with van der Waals surface area (Å²) in [6, 6.07) is 8.56. The number of aromatic nitrogens is 4. The number of carbonyl (C=O) groups is 2. The summed E-state index contributed by atoms with van der Waals surface area (Å²) >= 11 is 0. The molecule has 0 saturated carbocycles. The van der Waals surface area contributed by atoms with Gasteiger partial charge in [0.25, 0.3) is 11.8 Å². The van der Waals surface area contributed by atoms with Gasteiger partial charge in [-0.2, -0.15) is 0 Å². The number of nitrogens with zero attached hydrogens (tertiary/aromatic N) is 5. The number of piperidine rings is 1. The van der Waals surface area contributed by atoms with Crippen LogP contribution in [-0.2, 0) is 0 Å². The van der Waals surface area contributed by atoms with E-state index in [9.17, 15) is 9.59 Å². The van der Waals surface area contributed by atoms with E-state index in [0.717, 1.165) is 0 Å². The Kier molecular flexibility index (Phi) is 4.65. The summed E-state index contributed by atoms with van der Waals surface area (Å²) in [5.41, 5.74) is 0.329. The van der Waals surface area contributed by atoms with Crippen molar-refractivity contribution in [2.75, 3.05) is 13.1 Å². The van der Waals surface area contributed by atoms with Crippen LogP contribution in [0.25, 0.3) is 5.82 Å². The highest BCUT2D eigenvalue weighted by Crippen LogP contribution is 2.15. The fraction of sp³-hybridized carbons (Fsp3) is 0.278. The van der Waals surface area contributed by atoms with Gasteiger partial charge in [0.2, 0.25) is 0 Å². The normalized spacial score (nSPS) is 14.9. The molecule has 1 aliphatic heterocycles. The zero-order valence-corrected chi connectivity index (χ0v) is 14.5. The second-order valence-corrected chi connectivity index (χ2v) is 6.27. The number of nitrogens with one attached hydrogen (secondary N) is 1.